The third-order valence-electron chi connectivity index (χ3n) is 2.21. The van der Waals surface area contributed by atoms with E-state index in [2.05, 4.69) is 4.98 Å². The smallest absolute Gasteiger partial charge is 0.358 e. The number of thiazole rings is 1. The van der Waals surface area contributed by atoms with Crippen LogP contribution in [0.3, 0.4) is 0 Å². The van der Waals surface area contributed by atoms with Gasteiger partial charge in [0.2, 0.25) is 0 Å². The number of carbonyl (C=O) groups is 1. The van der Waals surface area contributed by atoms with Crippen molar-refractivity contribution in [2.75, 3.05) is 6.61 Å². The van der Waals surface area contributed by atoms with Gasteiger partial charge in [-0.15, -0.1) is 11.3 Å². The third kappa shape index (κ3) is 2.38. The van der Waals surface area contributed by atoms with E-state index < -0.39 is 17.6 Å². The number of hydrogen-bond donors (Lipinski definition) is 0. The quantitative estimate of drug-likeness (QED) is 0.803. The van der Waals surface area contributed by atoms with E-state index in [0.29, 0.717) is 4.88 Å². The summed E-state index contributed by atoms with van der Waals surface area (Å²) in [5.41, 5.74) is 1.61. The monoisotopic (exact) mass is 269 g/mol. The van der Waals surface area contributed by atoms with Crippen molar-refractivity contribution in [3.63, 3.8) is 0 Å². The first kappa shape index (κ1) is 12.6. The average molecular weight is 269 g/mol. The highest BCUT2D eigenvalue weighted by molar-refractivity contribution is 7.13. The molecule has 0 saturated heterocycles. The van der Waals surface area contributed by atoms with Gasteiger partial charge in [0.25, 0.3) is 0 Å². The number of ether oxygens (including phenoxy) is 1. The second kappa shape index (κ2) is 5.22. The molecule has 0 fully saturated rings. The molecule has 0 saturated carbocycles. The van der Waals surface area contributed by atoms with Gasteiger partial charge in [-0.05, 0) is 19.1 Å². The summed E-state index contributed by atoms with van der Waals surface area (Å²) in [5.74, 6) is -2.01. The van der Waals surface area contributed by atoms with Crippen molar-refractivity contribution in [1.29, 1.82) is 0 Å². The minimum Gasteiger partial charge on any atom is -0.461 e. The van der Waals surface area contributed by atoms with Crippen LogP contribution in [0.4, 0.5) is 8.78 Å². The Labute approximate surface area is 106 Å². The Kier molecular flexibility index (Phi) is 3.66. The molecule has 2 rings (SSSR count). The van der Waals surface area contributed by atoms with E-state index in [1.54, 1.807) is 6.92 Å². The molecule has 0 aliphatic heterocycles. The van der Waals surface area contributed by atoms with Crippen molar-refractivity contribution in [3.05, 3.63) is 41.0 Å². The Morgan fingerprint density at radius 2 is 2.22 bits per heavy atom. The van der Waals surface area contributed by atoms with Crippen molar-refractivity contribution in [3.8, 4) is 10.4 Å². The van der Waals surface area contributed by atoms with Crippen molar-refractivity contribution in [2.24, 2.45) is 0 Å². The van der Waals surface area contributed by atoms with Crippen LogP contribution in [0.1, 0.15) is 17.4 Å². The molecule has 0 aliphatic rings. The molecule has 0 spiro atoms. The number of rotatable bonds is 3. The summed E-state index contributed by atoms with van der Waals surface area (Å²) in [6, 6.07) is 3.18. The van der Waals surface area contributed by atoms with Gasteiger partial charge < -0.3 is 4.74 Å². The van der Waals surface area contributed by atoms with Crippen LogP contribution >= 0.6 is 11.3 Å². The topological polar surface area (TPSA) is 39.2 Å². The molecule has 0 N–H and O–H groups in total. The van der Waals surface area contributed by atoms with E-state index in [1.807, 2.05) is 0 Å². The molecule has 18 heavy (non-hydrogen) atoms. The van der Waals surface area contributed by atoms with Gasteiger partial charge in [0.1, 0.15) is 11.6 Å². The minimum absolute atomic E-state index is 0.0485. The average Bonchev–Trinajstić information content (AvgIpc) is 2.78. The van der Waals surface area contributed by atoms with Crippen LogP contribution in [0, 0.1) is 11.6 Å². The highest BCUT2D eigenvalue weighted by Gasteiger charge is 2.19. The fourth-order valence-corrected chi connectivity index (χ4v) is 2.26. The lowest BCUT2D eigenvalue weighted by Crippen LogP contribution is -2.06. The second-order valence-electron chi connectivity index (χ2n) is 3.37. The molecule has 1 aromatic heterocycles. The molecule has 6 heteroatoms. The SMILES string of the molecule is CCOC(=O)c1ncsc1-c1ccc(F)cc1F. The van der Waals surface area contributed by atoms with Crippen molar-refractivity contribution in [1.82, 2.24) is 4.98 Å². The van der Waals surface area contributed by atoms with Crippen molar-refractivity contribution in [2.45, 2.75) is 6.92 Å². The van der Waals surface area contributed by atoms with Crippen LogP contribution in [0.2, 0.25) is 0 Å². The molecule has 0 aliphatic carbocycles. The number of carbonyl (C=O) groups excluding carboxylic acids is 1. The maximum absolute atomic E-state index is 13.6. The minimum atomic E-state index is -0.732. The highest BCUT2D eigenvalue weighted by Crippen LogP contribution is 2.30. The summed E-state index contributed by atoms with van der Waals surface area (Å²) in [7, 11) is 0. The predicted molar refractivity (Wildman–Crippen MR) is 63.4 cm³/mol. The highest BCUT2D eigenvalue weighted by atomic mass is 32.1. The summed E-state index contributed by atoms with van der Waals surface area (Å²) in [6.45, 7) is 1.88. The maximum Gasteiger partial charge on any atom is 0.358 e. The van der Waals surface area contributed by atoms with Gasteiger partial charge in [-0.2, -0.15) is 0 Å². The number of nitrogens with zero attached hydrogens (tertiary/aromatic N) is 1. The summed E-state index contributed by atoms with van der Waals surface area (Å²) < 4.78 is 31.3. The first-order valence-electron chi connectivity index (χ1n) is 5.19. The molecule has 3 nitrogen and oxygen atoms in total. The van der Waals surface area contributed by atoms with Crippen LogP contribution in [-0.4, -0.2) is 17.6 Å². The van der Waals surface area contributed by atoms with Crippen LogP contribution in [-0.2, 0) is 4.74 Å². The van der Waals surface area contributed by atoms with Gasteiger partial charge in [0, 0.05) is 11.6 Å². The normalized spacial score (nSPS) is 10.4. The Morgan fingerprint density at radius 1 is 1.44 bits per heavy atom. The van der Waals surface area contributed by atoms with Crippen LogP contribution in [0.5, 0.6) is 0 Å². The van der Waals surface area contributed by atoms with E-state index in [9.17, 15) is 13.6 Å². The van der Waals surface area contributed by atoms with E-state index >= 15 is 0 Å². The lowest BCUT2D eigenvalue weighted by Gasteiger charge is -2.03. The fourth-order valence-electron chi connectivity index (χ4n) is 1.46. The zero-order valence-corrected chi connectivity index (χ0v) is 10.3. The molecule has 0 radical (unpaired) electrons. The molecule has 0 amide bonds. The van der Waals surface area contributed by atoms with E-state index in [0.717, 1.165) is 23.5 Å². The number of benzene rings is 1. The number of aromatic nitrogens is 1. The van der Waals surface area contributed by atoms with Gasteiger partial charge in [-0.1, -0.05) is 0 Å². The number of esters is 1. The molecular weight excluding hydrogens is 260 g/mol. The predicted octanol–water partition coefficient (Wildman–Crippen LogP) is 3.27. The van der Waals surface area contributed by atoms with Gasteiger partial charge in [-0.3, -0.25) is 0 Å². The lowest BCUT2D eigenvalue weighted by atomic mass is 10.1. The molecular formula is C12H9F2NO2S. The fraction of sp³-hybridized carbons (Fsp3) is 0.167. The molecule has 0 atom stereocenters. The second-order valence-corrected chi connectivity index (χ2v) is 4.23. The summed E-state index contributed by atoms with van der Waals surface area (Å²) >= 11 is 1.10. The van der Waals surface area contributed by atoms with Gasteiger partial charge in [-0.25, -0.2) is 18.6 Å². The van der Waals surface area contributed by atoms with Gasteiger partial charge in [0.05, 0.1) is 17.0 Å². The number of hydrogen-bond acceptors (Lipinski definition) is 4. The van der Waals surface area contributed by atoms with E-state index in [1.165, 1.54) is 11.6 Å². The van der Waals surface area contributed by atoms with Crippen LogP contribution in [0.15, 0.2) is 23.7 Å². The molecule has 0 unspecified atom stereocenters. The van der Waals surface area contributed by atoms with Crippen molar-refractivity contribution >= 4 is 17.3 Å². The van der Waals surface area contributed by atoms with E-state index in [-0.39, 0.29) is 17.9 Å². The summed E-state index contributed by atoms with van der Waals surface area (Å²) in [6.07, 6.45) is 0. The van der Waals surface area contributed by atoms with Gasteiger partial charge in [0.15, 0.2) is 5.69 Å². The molecule has 94 valence electrons. The Bertz CT molecular complexity index is 583. The first-order valence-corrected chi connectivity index (χ1v) is 6.07. The lowest BCUT2D eigenvalue weighted by molar-refractivity contribution is 0.0521. The largest absolute Gasteiger partial charge is 0.461 e. The molecule has 1 aromatic carbocycles. The van der Waals surface area contributed by atoms with Crippen molar-refractivity contribution < 1.29 is 18.3 Å². The standard InChI is InChI=1S/C12H9F2NO2S/c1-2-17-12(16)10-11(18-6-15-10)8-4-3-7(13)5-9(8)14/h3-6H,2H2,1H3. The maximum atomic E-state index is 13.6. The molecule has 2 aromatic rings. The van der Waals surface area contributed by atoms with Crippen LogP contribution in [0.25, 0.3) is 10.4 Å². The van der Waals surface area contributed by atoms with E-state index in [4.69, 9.17) is 4.74 Å². The summed E-state index contributed by atoms with van der Waals surface area (Å²) in [5, 5.41) is 0. The van der Waals surface area contributed by atoms with Crippen LogP contribution < -0.4 is 0 Å². The Morgan fingerprint density at radius 3 is 2.89 bits per heavy atom. The Hall–Kier alpha value is -1.82. The third-order valence-corrected chi connectivity index (χ3v) is 3.07. The zero-order valence-electron chi connectivity index (χ0n) is 9.44. The molecule has 0 bridgehead atoms. The van der Waals surface area contributed by atoms with Gasteiger partial charge >= 0.3 is 5.97 Å². The Balaban J connectivity index is 2.45. The first-order chi connectivity index (χ1) is 8.63. The number of halogens is 2. The zero-order chi connectivity index (χ0) is 13.1. The summed E-state index contributed by atoms with van der Waals surface area (Å²) in [4.78, 5) is 15.8. The molecule has 1 heterocycles.